The lowest BCUT2D eigenvalue weighted by Gasteiger charge is -2.17. The predicted octanol–water partition coefficient (Wildman–Crippen LogP) is 4.99. The van der Waals surface area contributed by atoms with Gasteiger partial charge in [-0.15, -0.1) is 0 Å². The molecule has 1 unspecified atom stereocenters. The van der Waals surface area contributed by atoms with E-state index < -0.39 is 23.5 Å². The van der Waals surface area contributed by atoms with E-state index >= 15 is 0 Å². The van der Waals surface area contributed by atoms with E-state index in [1.165, 1.54) is 11.6 Å². The highest BCUT2D eigenvalue weighted by Gasteiger charge is 2.34. The van der Waals surface area contributed by atoms with E-state index in [-0.39, 0.29) is 17.1 Å². The highest BCUT2D eigenvalue weighted by atomic mass is 35.5. The number of benzene rings is 2. The van der Waals surface area contributed by atoms with Crippen molar-refractivity contribution in [3.63, 3.8) is 0 Å². The molecule has 4 N–H and O–H groups in total. The van der Waals surface area contributed by atoms with Crippen molar-refractivity contribution < 1.29 is 23.0 Å². The van der Waals surface area contributed by atoms with Gasteiger partial charge in [-0.3, -0.25) is 0 Å². The summed E-state index contributed by atoms with van der Waals surface area (Å²) in [5, 5.41) is 13.0. The summed E-state index contributed by atoms with van der Waals surface area (Å²) >= 11 is 5.79. The van der Waals surface area contributed by atoms with Crippen molar-refractivity contribution >= 4 is 17.3 Å². The first-order valence-corrected chi connectivity index (χ1v) is 10.3. The van der Waals surface area contributed by atoms with Gasteiger partial charge in [0.2, 0.25) is 0 Å². The zero-order valence-corrected chi connectivity index (χ0v) is 17.5. The summed E-state index contributed by atoms with van der Waals surface area (Å²) in [6.07, 6.45) is -2.07. The molecule has 0 spiro atoms. The molecule has 0 radical (unpaired) electrons. The van der Waals surface area contributed by atoms with Crippen LogP contribution in [0.15, 0.2) is 42.5 Å². The molecule has 30 heavy (non-hydrogen) atoms. The molecule has 0 aliphatic carbocycles. The number of ether oxygens (including phenoxy) is 1. The molecule has 0 heterocycles. The number of alkyl halides is 3. The van der Waals surface area contributed by atoms with Crippen molar-refractivity contribution in [2.24, 2.45) is 0 Å². The molecule has 0 aliphatic rings. The molecule has 0 amide bonds. The number of hydrogen-bond acceptors (Lipinski definition) is 4. The number of aliphatic hydroxyl groups excluding tert-OH is 1. The quantitative estimate of drug-likeness (QED) is 0.318. The second-order valence-corrected chi connectivity index (χ2v) is 7.50. The molecule has 2 rings (SSSR count). The van der Waals surface area contributed by atoms with E-state index in [2.05, 4.69) is 17.4 Å². The minimum atomic E-state index is -4.62. The molecule has 4 nitrogen and oxygen atoms in total. The van der Waals surface area contributed by atoms with Crippen LogP contribution in [0.3, 0.4) is 0 Å². The third kappa shape index (κ3) is 8.14. The third-order valence-corrected chi connectivity index (χ3v) is 5.01. The van der Waals surface area contributed by atoms with Crippen LogP contribution < -0.4 is 11.1 Å². The fourth-order valence-corrected chi connectivity index (χ4v) is 3.22. The van der Waals surface area contributed by atoms with Gasteiger partial charge in [-0.05, 0) is 55.5 Å². The highest BCUT2D eigenvalue weighted by Crippen LogP contribution is 2.38. The minimum absolute atomic E-state index is 0.0841. The molecule has 0 aliphatic heterocycles. The SMILES string of the molecule is Nc1c(Cl)cc(C(O)CNCCCCCOCCc2ccccc2)cc1C(F)(F)F. The minimum Gasteiger partial charge on any atom is -0.397 e. The molecule has 0 saturated carbocycles. The number of nitrogens with one attached hydrogen (secondary N) is 1. The number of rotatable bonds is 12. The first-order chi connectivity index (χ1) is 14.3. The number of halogens is 4. The molecule has 0 bridgehead atoms. The number of aliphatic hydroxyl groups is 1. The van der Waals surface area contributed by atoms with Crippen LogP contribution in [0, 0.1) is 0 Å². The molecule has 8 heteroatoms. The van der Waals surface area contributed by atoms with Crippen LogP contribution in [0.2, 0.25) is 5.02 Å². The van der Waals surface area contributed by atoms with Gasteiger partial charge in [0.05, 0.1) is 29.0 Å². The Labute approximate surface area is 180 Å². The van der Waals surface area contributed by atoms with Gasteiger partial charge in [-0.2, -0.15) is 13.2 Å². The first-order valence-electron chi connectivity index (χ1n) is 9.95. The highest BCUT2D eigenvalue weighted by molar-refractivity contribution is 6.33. The zero-order valence-electron chi connectivity index (χ0n) is 16.7. The van der Waals surface area contributed by atoms with Gasteiger partial charge in [0.1, 0.15) is 0 Å². The molecule has 0 saturated heterocycles. The first kappa shape index (κ1) is 24.5. The lowest BCUT2D eigenvalue weighted by atomic mass is 10.0. The molecular weight excluding hydrogens is 417 g/mol. The maximum Gasteiger partial charge on any atom is 0.418 e. The third-order valence-electron chi connectivity index (χ3n) is 4.70. The Kier molecular flexibility index (Phi) is 9.91. The fraction of sp³-hybridized carbons (Fsp3) is 0.455. The number of anilines is 1. The largest absolute Gasteiger partial charge is 0.418 e. The Morgan fingerprint density at radius 3 is 2.50 bits per heavy atom. The van der Waals surface area contributed by atoms with Crippen LogP contribution in [-0.4, -0.2) is 31.4 Å². The van der Waals surface area contributed by atoms with Crippen molar-refractivity contribution in [1.29, 1.82) is 0 Å². The summed E-state index contributed by atoms with van der Waals surface area (Å²) in [6, 6.07) is 12.3. The van der Waals surface area contributed by atoms with E-state index in [4.69, 9.17) is 22.1 Å². The van der Waals surface area contributed by atoms with Gasteiger partial charge < -0.3 is 20.9 Å². The van der Waals surface area contributed by atoms with Crippen molar-refractivity contribution in [3.05, 3.63) is 64.2 Å². The van der Waals surface area contributed by atoms with Crippen molar-refractivity contribution in [2.75, 3.05) is 32.0 Å². The topological polar surface area (TPSA) is 67.5 Å². The van der Waals surface area contributed by atoms with Crippen molar-refractivity contribution in [3.8, 4) is 0 Å². The molecule has 0 aromatic heterocycles. The zero-order chi connectivity index (χ0) is 22.0. The van der Waals surface area contributed by atoms with Gasteiger partial charge in [-0.25, -0.2) is 0 Å². The van der Waals surface area contributed by atoms with Crippen molar-refractivity contribution in [2.45, 2.75) is 38.0 Å². The lowest BCUT2D eigenvalue weighted by molar-refractivity contribution is -0.137. The van der Waals surface area contributed by atoms with Crippen LogP contribution >= 0.6 is 11.6 Å². The maximum absolute atomic E-state index is 13.0. The number of hydrogen-bond donors (Lipinski definition) is 3. The number of nitrogen functional groups attached to an aromatic ring is 1. The molecular formula is C22H28ClF3N2O2. The normalized spacial score (nSPS) is 12.8. The Hall–Kier alpha value is -1.80. The van der Waals surface area contributed by atoms with E-state index in [0.717, 1.165) is 31.7 Å². The Balaban J connectivity index is 1.59. The fourth-order valence-electron chi connectivity index (χ4n) is 2.99. The molecule has 0 fully saturated rings. The summed E-state index contributed by atoms with van der Waals surface area (Å²) < 4.78 is 44.7. The van der Waals surface area contributed by atoms with Crippen LogP contribution in [0.25, 0.3) is 0 Å². The van der Waals surface area contributed by atoms with Crippen LogP contribution in [0.1, 0.15) is 42.1 Å². The van der Waals surface area contributed by atoms with Gasteiger partial charge in [0.15, 0.2) is 0 Å². The average molecular weight is 445 g/mol. The van der Waals surface area contributed by atoms with Crippen LogP contribution in [-0.2, 0) is 17.3 Å². The second-order valence-electron chi connectivity index (χ2n) is 7.09. The Bertz CT molecular complexity index is 773. The van der Waals surface area contributed by atoms with E-state index in [1.807, 2.05) is 18.2 Å². The van der Waals surface area contributed by atoms with E-state index in [1.54, 1.807) is 0 Å². The Morgan fingerprint density at radius 2 is 1.80 bits per heavy atom. The monoisotopic (exact) mass is 444 g/mol. The summed E-state index contributed by atoms with van der Waals surface area (Å²) in [5.41, 5.74) is 5.19. The predicted molar refractivity (Wildman–Crippen MR) is 114 cm³/mol. The van der Waals surface area contributed by atoms with E-state index in [0.29, 0.717) is 19.8 Å². The van der Waals surface area contributed by atoms with Crippen LogP contribution in [0.5, 0.6) is 0 Å². The van der Waals surface area contributed by atoms with Crippen LogP contribution in [0.4, 0.5) is 18.9 Å². The van der Waals surface area contributed by atoms with Crippen molar-refractivity contribution in [1.82, 2.24) is 5.32 Å². The molecule has 166 valence electrons. The van der Waals surface area contributed by atoms with Gasteiger partial charge in [0.25, 0.3) is 0 Å². The van der Waals surface area contributed by atoms with Gasteiger partial charge >= 0.3 is 6.18 Å². The maximum atomic E-state index is 13.0. The molecule has 1 atom stereocenters. The number of unbranched alkanes of at least 4 members (excludes halogenated alkanes) is 2. The standard InChI is InChI=1S/C22H28ClF3N2O2/c23-19-14-17(13-18(21(19)27)22(24,25)26)20(29)15-28-10-5-2-6-11-30-12-9-16-7-3-1-4-8-16/h1,3-4,7-8,13-14,20,28-29H,2,5-6,9-12,15,27H2. The number of nitrogens with two attached hydrogens (primary N) is 1. The summed E-state index contributed by atoms with van der Waals surface area (Å²) in [4.78, 5) is 0. The smallest absolute Gasteiger partial charge is 0.397 e. The lowest BCUT2D eigenvalue weighted by Crippen LogP contribution is -2.23. The summed E-state index contributed by atoms with van der Waals surface area (Å²) in [7, 11) is 0. The molecule has 2 aromatic rings. The average Bonchev–Trinajstić information content (AvgIpc) is 2.71. The van der Waals surface area contributed by atoms with E-state index in [9.17, 15) is 18.3 Å². The van der Waals surface area contributed by atoms with Gasteiger partial charge in [-0.1, -0.05) is 41.9 Å². The van der Waals surface area contributed by atoms with Gasteiger partial charge in [0, 0.05) is 13.2 Å². The second kappa shape index (κ2) is 12.2. The Morgan fingerprint density at radius 1 is 1.07 bits per heavy atom. The molecule has 2 aromatic carbocycles. The summed E-state index contributed by atoms with van der Waals surface area (Å²) in [5.74, 6) is 0. The summed E-state index contributed by atoms with van der Waals surface area (Å²) in [6.45, 7) is 2.17.